The van der Waals surface area contributed by atoms with Crippen molar-refractivity contribution in [1.29, 1.82) is 5.26 Å². The van der Waals surface area contributed by atoms with Crippen molar-refractivity contribution in [2.24, 2.45) is 7.05 Å². The molecule has 0 radical (unpaired) electrons. The fourth-order valence-electron chi connectivity index (χ4n) is 3.57. The highest BCUT2D eigenvalue weighted by molar-refractivity contribution is 5.92. The maximum Gasteiger partial charge on any atom is 0.341 e. The first-order chi connectivity index (χ1) is 16.3. The summed E-state index contributed by atoms with van der Waals surface area (Å²) in [6.45, 7) is 5.51. The van der Waals surface area contributed by atoms with Gasteiger partial charge in [-0.3, -0.25) is 0 Å². The summed E-state index contributed by atoms with van der Waals surface area (Å²) in [5.74, 6) is 0.640. The SMILES string of the molecule is CCOC(=O)c1c(C)nn(-c2cc(Nc3c(O)c(-c4ccc(C#N)cc4)nn3C)ncn2)c1C. The van der Waals surface area contributed by atoms with E-state index in [0.29, 0.717) is 51.2 Å². The Hall–Kier alpha value is -4.72. The van der Waals surface area contributed by atoms with Gasteiger partial charge in [-0.1, -0.05) is 12.1 Å². The number of aromatic hydroxyl groups is 1. The van der Waals surface area contributed by atoms with Gasteiger partial charge in [0.1, 0.15) is 23.4 Å². The highest BCUT2D eigenvalue weighted by Crippen LogP contribution is 2.36. The summed E-state index contributed by atoms with van der Waals surface area (Å²) >= 11 is 0. The van der Waals surface area contributed by atoms with Crippen molar-refractivity contribution < 1.29 is 14.6 Å². The minimum Gasteiger partial charge on any atom is -0.503 e. The topological polar surface area (TPSA) is 144 Å². The van der Waals surface area contributed by atoms with Crippen molar-refractivity contribution in [3.05, 3.63) is 59.2 Å². The number of benzene rings is 1. The largest absolute Gasteiger partial charge is 0.503 e. The lowest BCUT2D eigenvalue weighted by molar-refractivity contribution is 0.0524. The molecule has 0 unspecified atom stereocenters. The molecule has 0 aliphatic heterocycles. The van der Waals surface area contributed by atoms with Crippen LogP contribution in [0.5, 0.6) is 5.75 Å². The first-order valence-corrected chi connectivity index (χ1v) is 10.4. The Bertz CT molecular complexity index is 1410. The van der Waals surface area contributed by atoms with E-state index >= 15 is 0 Å². The first kappa shape index (κ1) is 22.5. The summed E-state index contributed by atoms with van der Waals surface area (Å²) in [5.41, 5.74) is 3.05. The van der Waals surface area contributed by atoms with Gasteiger partial charge in [-0.25, -0.2) is 24.1 Å². The average Bonchev–Trinajstić information content (AvgIpc) is 3.29. The van der Waals surface area contributed by atoms with Crippen LogP contribution in [0, 0.1) is 25.2 Å². The molecule has 0 spiro atoms. The van der Waals surface area contributed by atoms with Gasteiger partial charge < -0.3 is 15.2 Å². The van der Waals surface area contributed by atoms with Crippen LogP contribution in [0.3, 0.4) is 0 Å². The molecule has 0 fully saturated rings. The van der Waals surface area contributed by atoms with Gasteiger partial charge in [0.15, 0.2) is 17.4 Å². The quantitative estimate of drug-likeness (QED) is 0.416. The summed E-state index contributed by atoms with van der Waals surface area (Å²) in [4.78, 5) is 20.8. The number of nitrogens with zero attached hydrogens (tertiary/aromatic N) is 7. The summed E-state index contributed by atoms with van der Waals surface area (Å²) in [5, 5.41) is 31.7. The molecule has 4 aromatic rings. The van der Waals surface area contributed by atoms with Gasteiger partial charge in [0.25, 0.3) is 0 Å². The van der Waals surface area contributed by atoms with Crippen LogP contribution < -0.4 is 5.32 Å². The summed E-state index contributed by atoms with van der Waals surface area (Å²) in [7, 11) is 1.68. The molecule has 11 heteroatoms. The van der Waals surface area contributed by atoms with Crippen LogP contribution in [-0.4, -0.2) is 47.2 Å². The fraction of sp³-hybridized carbons (Fsp3) is 0.217. The van der Waals surface area contributed by atoms with Crippen LogP contribution in [0.1, 0.15) is 34.2 Å². The van der Waals surface area contributed by atoms with Crippen molar-refractivity contribution in [1.82, 2.24) is 29.5 Å². The third-order valence-electron chi connectivity index (χ3n) is 5.20. The standard InChI is InChI=1S/C23H22N8O3/c1-5-34-23(33)19-13(2)28-31(14(19)3)18-10-17(25-12-26-18)27-22-21(32)20(29-30(22)4)16-8-6-15(11-24)7-9-16/h6-10,12,32H,5H2,1-4H3,(H,25,26,27). The first-order valence-electron chi connectivity index (χ1n) is 10.4. The van der Waals surface area contributed by atoms with E-state index in [1.54, 1.807) is 62.8 Å². The lowest BCUT2D eigenvalue weighted by atomic mass is 10.1. The molecule has 0 amide bonds. The molecule has 11 nitrogen and oxygen atoms in total. The molecular formula is C23H22N8O3. The normalized spacial score (nSPS) is 10.7. The second kappa shape index (κ2) is 9.03. The molecule has 172 valence electrons. The van der Waals surface area contributed by atoms with E-state index in [1.165, 1.54) is 11.0 Å². The molecule has 4 rings (SSSR count). The Balaban J connectivity index is 1.65. The van der Waals surface area contributed by atoms with E-state index in [0.717, 1.165) is 0 Å². The monoisotopic (exact) mass is 458 g/mol. The van der Waals surface area contributed by atoms with Crippen LogP contribution in [0.4, 0.5) is 11.6 Å². The van der Waals surface area contributed by atoms with E-state index in [-0.39, 0.29) is 12.4 Å². The van der Waals surface area contributed by atoms with Crippen molar-refractivity contribution in [3.8, 4) is 28.9 Å². The Kier molecular flexibility index (Phi) is 5.97. The predicted molar refractivity (Wildman–Crippen MR) is 123 cm³/mol. The second-order valence-electron chi connectivity index (χ2n) is 7.42. The van der Waals surface area contributed by atoms with Crippen molar-refractivity contribution >= 4 is 17.6 Å². The predicted octanol–water partition coefficient (Wildman–Crippen LogP) is 3.18. The number of aryl methyl sites for hydroxylation is 2. The molecule has 1 aromatic carbocycles. The van der Waals surface area contributed by atoms with Gasteiger partial charge in [0, 0.05) is 18.7 Å². The van der Waals surface area contributed by atoms with Crippen LogP contribution in [-0.2, 0) is 11.8 Å². The minimum absolute atomic E-state index is 0.0666. The minimum atomic E-state index is -0.439. The zero-order valence-electron chi connectivity index (χ0n) is 19.1. The molecule has 0 bridgehead atoms. The van der Waals surface area contributed by atoms with E-state index in [4.69, 9.17) is 10.00 Å². The van der Waals surface area contributed by atoms with Gasteiger partial charge >= 0.3 is 5.97 Å². The van der Waals surface area contributed by atoms with E-state index in [1.807, 2.05) is 0 Å². The maximum atomic E-state index is 12.3. The van der Waals surface area contributed by atoms with Gasteiger partial charge in [-0.05, 0) is 32.9 Å². The zero-order chi connectivity index (χ0) is 24.4. The molecule has 3 heterocycles. The van der Waals surface area contributed by atoms with Crippen LogP contribution in [0.2, 0.25) is 0 Å². The van der Waals surface area contributed by atoms with Gasteiger partial charge in [-0.15, -0.1) is 0 Å². The third-order valence-corrected chi connectivity index (χ3v) is 5.20. The number of anilines is 2. The van der Waals surface area contributed by atoms with Crippen LogP contribution in [0.15, 0.2) is 36.7 Å². The molecule has 0 saturated carbocycles. The van der Waals surface area contributed by atoms with Crippen LogP contribution in [0.25, 0.3) is 17.1 Å². The van der Waals surface area contributed by atoms with Crippen molar-refractivity contribution in [3.63, 3.8) is 0 Å². The molecule has 0 aliphatic rings. The summed E-state index contributed by atoms with van der Waals surface area (Å²) in [6, 6.07) is 10.5. The average molecular weight is 458 g/mol. The number of esters is 1. The van der Waals surface area contributed by atoms with E-state index in [9.17, 15) is 9.90 Å². The fourth-order valence-corrected chi connectivity index (χ4v) is 3.57. The maximum absolute atomic E-state index is 12.3. The number of nitrogens with one attached hydrogen (secondary N) is 1. The van der Waals surface area contributed by atoms with Crippen molar-refractivity contribution in [2.45, 2.75) is 20.8 Å². The molecule has 0 atom stereocenters. The van der Waals surface area contributed by atoms with E-state index < -0.39 is 5.97 Å². The zero-order valence-corrected chi connectivity index (χ0v) is 19.1. The van der Waals surface area contributed by atoms with E-state index in [2.05, 4.69) is 31.6 Å². The lowest BCUT2D eigenvalue weighted by Gasteiger charge is -2.09. The molecule has 2 N–H and O–H groups in total. The smallest absolute Gasteiger partial charge is 0.341 e. The summed E-state index contributed by atoms with van der Waals surface area (Å²) in [6.07, 6.45) is 1.35. The summed E-state index contributed by atoms with van der Waals surface area (Å²) < 4.78 is 8.16. The molecule has 34 heavy (non-hydrogen) atoms. The molecule has 0 aliphatic carbocycles. The Labute approximate surface area is 195 Å². The molecule has 0 saturated heterocycles. The molecular weight excluding hydrogens is 436 g/mol. The highest BCUT2D eigenvalue weighted by atomic mass is 16.5. The second-order valence-corrected chi connectivity index (χ2v) is 7.42. The number of aromatic nitrogens is 6. The number of ether oxygens (including phenoxy) is 1. The Morgan fingerprint density at radius 2 is 1.94 bits per heavy atom. The number of hydrogen-bond donors (Lipinski definition) is 2. The van der Waals surface area contributed by atoms with Gasteiger partial charge in [-0.2, -0.15) is 15.5 Å². The number of carbonyl (C=O) groups excluding carboxylic acids is 1. The van der Waals surface area contributed by atoms with Crippen LogP contribution >= 0.6 is 0 Å². The van der Waals surface area contributed by atoms with Gasteiger partial charge in [0.2, 0.25) is 0 Å². The Morgan fingerprint density at radius 3 is 2.62 bits per heavy atom. The third kappa shape index (κ3) is 4.04. The molecule has 3 aromatic heterocycles. The van der Waals surface area contributed by atoms with Gasteiger partial charge in [0.05, 0.1) is 29.6 Å². The number of hydrogen-bond acceptors (Lipinski definition) is 9. The highest BCUT2D eigenvalue weighted by Gasteiger charge is 2.22. The number of rotatable bonds is 6. The number of nitriles is 1. The van der Waals surface area contributed by atoms with Crippen molar-refractivity contribution in [2.75, 3.05) is 11.9 Å². The number of carbonyl (C=O) groups is 1. The Morgan fingerprint density at radius 1 is 1.21 bits per heavy atom. The lowest BCUT2D eigenvalue weighted by Crippen LogP contribution is -2.09.